The maximum absolute atomic E-state index is 12.0. The summed E-state index contributed by atoms with van der Waals surface area (Å²) in [5, 5.41) is 2.88. The number of thioether (sulfide) groups is 1. The van der Waals surface area contributed by atoms with Crippen molar-refractivity contribution in [2.45, 2.75) is 13.3 Å². The average molecular weight is 359 g/mol. The lowest BCUT2D eigenvalue weighted by Gasteiger charge is -2.07. The lowest BCUT2D eigenvalue weighted by Crippen LogP contribution is -2.12. The van der Waals surface area contributed by atoms with Crippen LogP contribution in [0.15, 0.2) is 42.5 Å². The maximum atomic E-state index is 12.0. The van der Waals surface area contributed by atoms with Gasteiger partial charge in [-0.25, -0.2) is 0 Å². The zero-order valence-electron chi connectivity index (χ0n) is 14.1. The Morgan fingerprint density at radius 3 is 2.92 bits per heavy atom. The van der Waals surface area contributed by atoms with Crippen molar-refractivity contribution in [2.24, 2.45) is 0 Å². The van der Waals surface area contributed by atoms with Crippen molar-refractivity contribution < 1.29 is 19.0 Å². The van der Waals surface area contributed by atoms with E-state index in [-0.39, 0.29) is 12.7 Å². The number of nitrogens with one attached hydrogen (secondary N) is 1. The van der Waals surface area contributed by atoms with Crippen LogP contribution >= 0.6 is 11.8 Å². The predicted octanol–water partition coefficient (Wildman–Crippen LogP) is 3.86. The summed E-state index contributed by atoms with van der Waals surface area (Å²) in [6.07, 6.45) is 0.462. The van der Waals surface area contributed by atoms with Gasteiger partial charge in [-0.2, -0.15) is 11.8 Å². The van der Waals surface area contributed by atoms with Gasteiger partial charge in [-0.15, -0.1) is 0 Å². The molecule has 5 nitrogen and oxygen atoms in total. The van der Waals surface area contributed by atoms with Gasteiger partial charge in [0.05, 0.1) is 6.61 Å². The fraction of sp³-hybridized carbons (Fsp3) is 0.316. The van der Waals surface area contributed by atoms with E-state index in [1.807, 2.05) is 37.3 Å². The SMILES string of the molecule is Cc1cccc(OCCSCCC(=O)Nc2ccc3c(c2)OCO3)c1. The highest BCUT2D eigenvalue weighted by atomic mass is 32.2. The summed E-state index contributed by atoms with van der Waals surface area (Å²) >= 11 is 1.71. The summed E-state index contributed by atoms with van der Waals surface area (Å²) < 4.78 is 16.2. The van der Waals surface area contributed by atoms with Gasteiger partial charge in [0, 0.05) is 29.7 Å². The minimum Gasteiger partial charge on any atom is -0.493 e. The Kier molecular flexibility index (Phi) is 6.06. The van der Waals surface area contributed by atoms with Crippen molar-refractivity contribution in [3.8, 4) is 17.2 Å². The molecule has 0 aliphatic carbocycles. The number of carbonyl (C=O) groups excluding carboxylic acids is 1. The summed E-state index contributed by atoms with van der Waals surface area (Å²) in [6, 6.07) is 13.4. The van der Waals surface area contributed by atoms with E-state index < -0.39 is 0 Å². The van der Waals surface area contributed by atoms with E-state index in [4.69, 9.17) is 14.2 Å². The third-order valence-electron chi connectivity index (χ3n) is 3.62. The second kappa shape index (κ2) is 8.67. The van der Waals surface area contributed by atoms with Gasteiger partial charge >= 0.3 is 0 Å². The monoisotopic (exact) mass is 359 g/mol. The zero-order valence-corrected chi connectivity index (χ0v) is 14.9. The minimum atomic E-state index is -0.00836. The van der Waals surface area contributed by atoms with Gasteiger partial charge in [0.1, 0.15) is 5.75 Å². The number of anilines is 1. The van der Waals surface area contributed by atoms with Gasteiger partial charge in [0.15, 0.2) is 11.5 Å². The molecule has 1 N–H and O–H groups in total. The molecule has 2 aromatic carbocycles. The molecule has 1 aliphatic heterocycles. The number of ether oxygens (including phenoxy) is 3. The van der Waals surface area contributed by atoms with Crippen LogP contribution in [-0.2, 0) is 4.79 Å². The van der Waals surface area contributed by atoms with Crippen molar-refractivity contribution in [3.05, 3.63) is 48.0 Å². The first kappa shape index (κ1) is 17.5. The van der Waals surface area contributed by atoms with Crippen LogP contribution < -0.4 is 19.5 Å². The van der Waals surface area contributed by atoms with E-state index in [2.05, 4.69) is 5.32 Å². The summed E-state index contributed by atoms with van der Waals surface area (Å²) in [7, 11) is 0. The van der Waals surface area contributed by atoms with E-state index in [0.29, 0.717) is 24.5 Å². The second-order valence-corrected chi connectivity index (χ2v) is 6.87. The maximum Gasteiger partial charge on any atom is 0.231 e. The van der Waals surface area contributed by atoms with Gasteiger partial charge in [-0.1, -0.05) is 12.1 Å². The Balaban J connectivity index is 1.30. The number of carbonyl (C=O) groups is 1. The van der Waals surface area contributed by atoms with Crippen LogP contribution in [0.3, 0.4) is 0 Å². The molecule has 3 rings (SSSR count). The molecule has 0 radical (unpaired) electrons. The Morgan fingerprint density at radius 1 is 1.16 bits per heavy atom. The fourth-order valence-electron chi connectivity index (χ4n) is 2.39. The van der Waals surface area contributed by atoms with E-state index in [1.165, 1.54) is 5.56 Å². The normalized spacial score (nSPS) is 12.0. The average Bonchev–Trinajstić information content (AvgIpc) is 3.06. The standard InChI is InChI=1S/C19H21NO4S/c1-14-3-2-4-16(11-14)22-8-10-25-9-7-19(21)20-15-5-6-17-18(12-15)24-13-23-17/h2-6,11-12H,7-10,13H2,1H3,(H,20,21). The van der Waals surface area contributed by atoms with Crippen LogP contribution in [0.1, 0.15) is 12.0 Å². The first-order chi connectivity index (χ1) is 12.2. The molecule has 6 heteroatoms. The molecule has 0 spiro atoms. The van der Waals surface area contributed by atoms with E-state index >= 15 is 0 Å². The quantitative estimate of drug-likeness (QED) is 0.725. The Hall–Kier alpha value is -2.34. The number of hydrogen-bond donors (Lipinski definition) is 1. The molecule has 0 bridgehead atoms. The zero-order chi connectivity index (χ0) is 17.5. The van der Waals surface area contributed by atoms with Crippen LogP contribution in [0.4, 0.5) is 5.69 Å². The van der Waals surface area contributed by atoms with Gasteiger partial charge in [-0.3, -0.25) is 4.79 Å². The molecule has 2 aromatic rings. The third kappa shape index (κ3) is 5.32. The van der Waals surface area contributed by atoms with Crippen molar-refractivity contribution in [1.29, 1.82) is 0 Å². The molecule has 1 amide bonds. The highest BCUT2D eigenvalue weighted by Crippen LogP contribution is 2.34. The molecule has 25 heavy (non-hydrogen) atoms. The second-order valence-electron chi connectivity index (χ2n) is 5.64. The summed E-state index contributed by atoms with van der Waals surface area (Å²) in [5.41, 5.74) is 1.91. The van der Waals surface area contributed by atoms with Crippen molar-refractivity contribution >= 4 is 23.4 Å². The predicted molar refractivity (Wildman–Crippen MR) is 99.8 cm³/mol. The van der Waals surface area contributed by atoms with Crippen LogP contribution in [0.2, 0.25) is 0 Å². The van der Waals surface area contributed by atoms with Gasteiger partial charge in [0.25, 0.3) is 0 Å². The van der Waals surface area contributed by atoms with Crippen molar-refractivity contribution in [3.63, 3.8) is 0 Å². The van der Waals surface area contributed by atoms with Gasteiger partial charge < -0.3 is 19.5 Å². The third-order valence-corrected chi connectivity index (χ3v) is 4.56. The Bertz CT molecular complexity index is 735. The molecule has 0 saturated carbocycles. The minimum absolute atomic E-state index is 0.00836. The van der Waals surface area contributed by atoms with Gasteiger partial charge in [0.2, 0.25) is 12.7 Å². The molecule has 0 saturated heterocycles. The molecule has 0 fully saturated rings. The number of aryl methyl sites for hydroxylation is 1. The first-order valence-corrected chi connectivity index (χ1v) is 9.33. The van der Waals surface area contributed by atoms with E-state index in [9.17, 15) is 4.79 Å². The molecule has 1 heterocycles. The van der Waals surface area contributed by atoms with E-state index in [0.717, 1.165) is 22.9 Å². The lowest BCUT2D eigenvalue weighted by molar-refractivity contribution is -0.115. The first-order valence-electron chi connectivity index (χ1n) is 8.17. The summed E-state index contributed by atoms with van der Waals surface area (Å²) in [5.74, 6) is 3.87. The Labute approximate surface area is 151 Å². The number of benzene rings is 2. The summed E-state index contributed by atoms with van der Waals surface area (Å²) in [6.45, 7) is 2.91. The molecule has 1 aliphatic rings. The van der Waals surface area contributed by atoms with Crippen LogP contribution in [-0.4, -0.2) is 30.8 Å². The molecule has 132 valence electrons. The molecule has 0 aromatic heterocycles. The van der Waals surface area contributed by atoms with Gasteiger partial charge in [-0.05, 0) is 36.8 Å². The lowest BCUT2D eigenvalue weighted by atomic mass is 10.2. The summed E-state index contributed by atoms with van der Waals surface area (Å²) in [4.78, 5) is 12.0. The number of fused-ring (bicyclic) bond motifs is 1. The highest BCUT2D eigenvalue weighted by Gasteiger charge is 2.14. The van der Waals surface area contributed by atoms with Crippen LogP contribution in [0.5, 0.6) is 17.2 Å². The van der Waals surface area contributed by atoms with Crippen LogP contribution in [0.25, 0.3) is 0 Å². The largest absolute Gasteiger partial charge is 0.493 e. The topological polar surface area (TPSA) is 56.8 Å². The Morgan fingerprint density at radius 2 is 2.04 bits per heavy atom. The van der Waals surface area contributed by atoms with E-state index in [1.54, 1.807) is 23.9 Å². The molecular weight excluding hydrogens is 338 g/mol. The fourth-order valence-corrected chi connectivity index (χ4v) is 3.12. The number of hydrogen-bond acceptors (Lipinski definition) is 5. The van der Waals surface area contributed by atoms with Crippen molar-refractivity contribution in [2.75, 3.05) is 30.2 Å². The number of rotatable bonds is 8. The smallest absolute Gasteiger partial charge is 0.231 e. The molecular formula is C19H21NO4S. The highest BCUT2D eigenvalue weighted by molar-refractivity contribution is 7.99. The molecule has 0 atom stereocenters. The van der Waals surface area contributed by atoms with Crippen molar-refractivity contribution in [1.82, 2.24) is 0 Å². The molecule has 0 unspecified atom stereocenters. The van der Waals surface area contributed by atoms with Crippen LogP contribution in [0, 0.1) is 6.92 Å². The number of amides is 1.